The molecular formula is C21H12ClNS. The number of halogens is 1. The van der Waals surface area contributed by atoms with E-state index in [1.54, 1.807) is 11.3 Å². The summed E-state index contributed by atoms with van der Waals surface area (Å²) >= 11 is 7.82. The Bertz CT molecular complexity index is 1220. The van der Waals surface area contributed by atoms with Crippen LogP contribution in [0.3, 0.4) is 0 Å². The van der Waals surface area contributed by atoms with E-state index in [1.165, 1.54) is 27.1 Å². The van der Waals surface area contributed by atoms with Crippen LogP contribution in [0.25, 0.3) is 42.3 Å². The summed E-state index contributed by atoms with van der Waals surface area (Å²) in [4.78, 5) is 4.84. The van der Waals surface area contributed by atoms with E-state index in [9.17, 15) is 0 Å². The Morgan fingerprint density at radius 1 is 0.750 bits per heavy atom. The molecule has 0 N–H and O–H groups in total. The Morgan fingerprint density at radius 3 is 2.38 bits per heavy atom. The molecule has 0 unspecified atom stereocenters. The fourth-order valence-corrected chi connectivity index (χ4v) is 4.52. The number of hydrogen-bond acceptors (Lipinski definition) is 2. The number of aromatic nitrogens is 1. The molecule has 0 fully saturated rings. The molecule has 3 heteroatoms. The molecule has 1 heterocycles. The van der Waals surface area contributed by atoms with E-state index in [0.29, 0.717) is 0 Å². The normalized spacial score (nSPS) is 11.5. The lowest BCUT2D eigenvalue weighted by Gasteiger charge is -2.08. The second-order valence-electron chi connectivity index (χ2n) is 5.82. The molecule has 5 rings (SSSR count). The van der Waals surface area contributed by atoms with Crippen LogP contribution in [0.15, 0.2) is 72.8 Å². The van der Waals surface area contributed by atoms with E-state index in [2.05, 4.69) is 54.6 Å². The van der Waals surface area contributed by atoms with Gasteiger partial charge in [-0.05, 0) is 45.8 Å². The lowest BCUT2D eigenvalue weighted by Crippen LogP contribution is -1.83. The van der Waals surface area contributed by atoms with E-state index in [4.69, 9.17) is 16.6 Å². The van der Waals surface area contributed by atoms with Crippen LogP contribution in [0.4, 0.5) is 0 Å². The first kappa shape index (κ1) is 14.0. The van der Waals surface area contributed by atoms with Crippen LogP contribution in [-0.2, 0) is 0 Å². The quantitative estimate of drug-likeness (QED) is 0.300. The van der Waals surface area contributed by atoms with Gasteiger partial charge in [0.05, 0.1) is 10.2 Å². The smallest absolute Gasteiger partial charge is 0.125 e. The van der Waals surface area contributed by atoms with Gasteiger partial charge in [-0.15, -0.1) is 11.3 Å². The van der Waals surface area contributed by atoms with Crippen molar-refractivity contribution in [2.45, 2.75) is 0 Å². The average molecular weight is 346 g/mol. The van der Waals surface area contributed by atoms with Gasteiger partial charge in [0, 0.05) is 10.6 Å². The zero-order chi connectivity index (χ0) is 16.1. The first-order valence-electron chi connectivity index (χ1n) is 7.76. The molecule has 0 bridgehead atoms. The topological polar surface area (TPSA) is 12.9 Å². The highest BCUT2D eigenvalue weighted by Crippen LogP contribution is 2.38. The van der Waals surface area contributed by atoms with Crippen LogP contribution >= 0.6 is 22.9 Å². The highest BCUT2D eigenvalue weighted by Gasteiger charge is 2.12. The number of rotatable bonds is 1. The molecular weight excluding hydrogens is 334 g/mol. The summed E-state index contributed by atoms with van der Waals surface area (Å²) in [6.07, 6.45) is 0. The van der Waals surface area contributed by atoms with Crippen molar-refractivity contribution in [3.05, 3.63) is 77.8 Å². The standard InChI is InChI=1S/C21H12ClNS/c22-14-9-10-19-20(12-14)24-21(23-19)18-11-13-5-1-2-6-15(13)16-7-3-4-8-17(16)18/h1-12H. The third kappa shape index (κ3) is 2.11. The van der Waals surface area contributed by atoms with Crippen molar-refractivity contribution < 1.29 is 0 Å². The molecule has 0 saturated heterocycles. The average Bonchev–Trinajstić information content (AvgIpc) is 3.04. The minimum Gasteiger partial charge on any atom is -0.236 e. The predicted molar refractivity (Wildman–Crippen MR) is 105 cm³/mol. The lowest BCUT2D eigenvalue weighted by atomic mass is 9.97. The summed E-state index contributed by atoms with van der Waals surface area (Å²) < 4.78 is 1.12. The largest absolute Gasteiger partial charge is 0.236 e. The van der Waals surface area contributed by atoms with Gasteiger partial charge in [0.2, 0.25) is 0 Å². The summed E-state index contributed by atoms with van der Waals surface area (Å²) in [5.74, 6) is 0. The lowest BCUT2D eigenvalue weighted by molar-refractivity contribution is 1.49. The Balaban J connectivity index is 1.89. The van der Waals surface area contributed by atoms with Crippen molar-refractivity contribution in [3.8, 4) is 10.6 Å². The molecule has 0 saturated carbocycles. The van der Waals surface area contributed by atoms with Gasteiger partial charge in [-0.2, -0.15) is 0 Å². The minimum atomic E-state index is 0.751. The summed E-state index contributed by atoms with van der Waals surface area (Å²) in [5.41, 5.74) is 2.18. The van der Waals surface area contributed by atoms with Gasteiger partial charge in [-0.3, -0.25) is 0 Å². The molecule has 4 aromatic carbocycles. The van der Waals surface area contributed by atoms with Crippen molar-refractivity contribution in [3.63, 3.8) is 0 Å². The first-order valence-corrected chi connectivity index (χ1v) is 8.96. The third-order valence-corrected chi connectivity index (χ3v) is 5.64. The second kappa shape index (κ2) is 5.30. The molecule has 1 nitrogen and oxygen atoms in total. The van der Waals surface area contributed by atoms with Gasteiger partial charge >= 0.3 is 0 Å². The van der Waals surface area contributed by atoms with Crippen LogP contribution in [0, 0.1) is 0 Å². The van der Waals surface area contributed by atoms with Gasteiger partial charge in [-0.1, -0.05) is 60.1 Å². The Kier molecular flexibility index (Phi) is 3.09. The summed E-state index contributed by atoms with van der Waals surface area (Å²) in [6, 6.07) is 25.2. The molecule has 5 aromatic rings. The number of benzene rings is 4. The van der Waals surface area contributed by atoms with Crippen LogP contribution in [0.5, 0.6) is 0 Å². The molecule has 1 aromatic heterocycles. The zero-order valence-corrected chi connectivity index (χ0v) is 14.2. The van der Waals surface area contributed by atoms with Crippen molar-refractivity contribution in [2.24, 2.45) is 0 Å². The number of fused-ring (bicyclic) bond motifs is 4. The van der Waals surface area contributed by atoms with Crippen molar-refractivity contribution >= 4 is 54.7 Å². The van der Waals surface area contributed by atoms with Gasteiger partial charge in [-0.25, -0.2) is 4.98 Å². The Hall–Kier alpha value is -2.42. The molecule has 0 aliphatic heterocycles. The maximum atomic E-state index is 6.13. The molecule has 0 aliphatic carbocycles. The summed E-state index contributed by atoms with van der Waals surface area (Å²) in [5, 5.41) is 6.81. The zero-order valence-electron chi connectivity index (χ0n) is 12.7. The van der Waals surface area contributed by atoms with Crippen LogP contribution in [0.2, 0.25) is 5.02 Å². The molecule has 0 atom stereocenters. The van der Waals surface area contributed by atoms with Crippen molar-refractivity contribution in [1.82, 2.24) is 4.98 Å². The van der Waals surface area contributed by atoms with Gasteiger partial charge in [0.15, 0.2) is 0 Å². The molecule has 0 spiro atoms. The van der Waals surface area contributed by atoms with E-state index in [0.717, 1.165) is 20.2 Å². The summed E-state index contributed by atoms with van der Waals surface area (Å²) in [6.45, 7) is 0. The fourth-order valence-electron chi connectivity index (χ4n) is 3.24. The Labute approximate surface area is 148 Å². The van der Waals surface area contributed by atoms with Gasteiger partial charge < -0.3 is 0 Å². The number of nitrogens with zero attached hydrogens (tertiary/aromatic N) is 1. The molecule has 0 radical (unpaired) electrons. The predicted octanol–water partition coefficient (Wildman–Crippen LogP) is 6.92. The van der Waals surface area contributed by atoms with Gasteiger partial charge in [0.1, 0.15) is 5.01 Å². The van der Waals surface area contributed by atoms with Crippen molar-refractivity contribution in [2.75, 3.05) is 0 Å². The molecule has 24 heavy (non-hydrogen) atoms. The molecule has 0 amide bonds. The minimum absolute atomic E-state index is 0.751. The van der Waals surface area contributed by atoms with Crippen LogP contribution in [-0.4, -0.2) is 4.98 Å². The van der Waals surface area contributed by atoms with Crippen LogP contribution < -0.4 is 0 Å². The van der Waals surface area contributed by atoms with E-state index in [-0.39, 0.29) is 0 Å². The second-order valence-corrected chi connectivity index (χ2v) is 7.29. The maximum absolute atomic E-state index is 6.13. The number of hydrogen-bond donors (Lipinski definition) is 0. The Morgan fingerprint density at radius 2 is 1.50 bits per heavy atom. The van der Waals surface area contributed by atoms with E-state index in [1.807, 2.05) is 18.2 Å². The maximum Gasteiger partial charge on any atom is 0.125 e. The van der Waals surface area contributed by atoms with E-state index >= 15 is 0 Å². The highest BCUT2D eigenvalue weighted by atomic mass is 35.5. The van der Waals surface area contributed by atoms with Gasteiger partial charge in [0.25, 0.3) is 0 Å². The fraction of sp³-hybridized carbons (Fsp3) is 0. The van der Waals surface area contributed by atoms with E-state index < -0.39 is 0 Å². The SMILES string of the molecule is Clc1ccc2nc(-c3cc4ccccc4c4ccccc34)sc2c1. The monoisotopic (exact) mass is 345 g/mol. The van der Waals surface area contributed by atoms with Crippen LogP contribution in [0.1, 0.15) is 0 Å². The highest BCUT2D eigenvalue weighted by molar-refractivity contribution is 7.21. The molecule has 0 aliphatic rings. The first-order chi connectivity index (χ1) is 11.8. The van der Waals surface area contributed by atoms with Crippen molar-refractivity contribution in [1.29, 1.82) is 0 Å². The molecule has 114 valence electrons. The summed E-state index contributed by atoms with van der Waals surface area (Å²) in [7, 11) is 0. The third-order valence-electron chi connectivity index (χ3n) is 4.35. The number of thiazole rings is 1.